The van der Waals surface area contributed by atoms with Crippen molar-refractivity contribution in [2.45, 2.75) is 10.6 Å². The van der Waals surface area contributed by atoms with E-state index in [-0.39, 0.29) is 5.56 Å². The highest BCUT2D eigenvalue weighted by Crippen LogP contribution is 2.26. The minimum absolute atomic E-state index is 0.230. The fourth-order valence-electron chi connectivity index (χ4n) is 2.31. The number of carbonyl (C=O) groups is 2. The van der Waals surface area contributed by atoms with Crippen molar-refractivity contribution in [3.63, 3.8) is 0 Å². The van der Waals surface area contributed by atoms with E-state index >= 15 is 0 Å². The van der Waals surface area contributed by atoms with Crippen molar-refractivity contribution in [1.29, 1.82) is 0 Å². The van der Waals surface area contributed by atoms with Crippen molar-refractivity contribution in [3.05, 3.63) is 77.7 Å². The zero-order valence-electron chi connectivity index (χ0n) is 13.5. The number of benzene rings is 2. The molecule has 0 unspecified atom stereocenters. The molecule has 3 rings (SSSR count). The van der Waals surface area contributed by atoms with E-state index < -0.39 is 17.6 Å². The number of rotatable bonds is 6. The molecule has 0 aliphatic carbocycles. The topological polar surface area (TPSA) is 99.8 Å². The van der Waals surface area contributed by atoms with Crippen LogP contribution in [0.15, 0.2) is 70.2 Å². The van der Waals surface area contributed by atoms with Gasteiger partial charge in [0, 0.05) is 16.6 Å². The lowest BCUT2D eigenvalue weighted by atomic mass is 10.1. The number of anilines is 1. The largest absolute Gasteiger partial charge is 0.507 e. The predicted octanol–water partition coefficient (Wildman–Crippen LogP) is 4.23. The molecule has 0 saturated carbocycles. The number of aromatic carboxylic acids is 1. The Hall–Kier alpha value is -3.19. The number of amides is 1. The average Bonchev–Trinajstić information content (AvgIpc) is 3.09. The van der Waals surface area contributed by atoms with Gasteiger partial charge in [0.25, 0.3) is 5.91 Å². The summed E-state index contributed by atoms with van der Waals surface area (Å²) < 4.78 is 5.41. The van der Waals surface area contributed by atoms with Gasteiger partial charge < -0.3 is 19.9 Å². The van der Waals surface area contributed by atoms with Gasteiger partial charge >= 0.3 is 5.97 Å². The van der Waals surface area contributed by atoms with E-state index in [4.69, 9.17) is 9.52 Å². The van der Waals surface area contributed by atoms with Gasteiger partial charge in [0.05, 0.1) is 17.6 Å². The minimum atomic E-state index is -1.24. The van der Waals surface area contributed by atoms with Crippen LogP contribution in [0.25, 0.3) is 0 Å². The van der Waals surface area contributed by atoms with E-state index in [1.807, 2.05) is 30.3 Å². The molecule has 26 heavy (non-hydrogen) atoms. The standard InChI is InChI=1S/C19H15NO5S/c21-16-10-12(6-7-14(16)19(23)24)20-18(22)15-8-9-25-17(15)11-26-13-4-2-1-3-5-13/h1-10,21H,11H2,(H,20,22)(H,23,24). The highest BCUT2D eigenvalue weighted by atomic mass is 32.2. The zero-order valence-corrected chi connectivity index (χ0v) is 14.3. The number of nitrogens with one attached hydrogen (secondary N) is 1. The van der Waals surface area contributed by atoms with E-state index in [1.165, 1.54) is 24.5 Å². The smallest absolute Gasteiger partial charge is 0.339 e. The summed E-state index contributed by atoms with van der Waals surface area (Å²) in [5.41, 5.74) is 0.446. The van der Waals surface area contributed by atoms with Crippen LogP contribution in [-0.2, 0) is 5.75 Å². The van der Waals surface area contributed by atoms with Gasteiger partial charge in [0.1, 0.15) is 17.1 Å². The molecule has 3 N–H and O–H groups in total. The Balaban J connectivity index is 1.70. The Kier molecular flexibility index (Phi) is 5.28. The average molecular weight is 369 g/mol. The van der Waals surface area contributed by atoms with Crippen LogP contribution in [0.2, 0.25) is 0 Å². The summed E-state index contributed by atoms with van der Waals surface area (Å²) in [6.45, 7) is 0. The molecule has 2 aromatic carbocycles. The number of hydrogen-bond donors (Lipinski definition) is 3. The van der Waals surface area contributed by atoms with Crippen molar-refractivity contribution in [3.8, 4) is 5.75 Å². The fraction of sp³-hybridized carbons (Fsp3) is 0.0526. The van der Waals surface area contributed by atoms with E-state index in [9.17, 15) is 14.7 Å². The highest BCUT2D eigenvalue weighted by Gasteiger charge is 2.16. The molecule has 0 bridgehead atoms. The van der Waals surface area contributed by atoms with Crippen molar-refractivity contribution in [1.82, 2.24) is 0 Å². The summed E-state index contributed by atoms with van der Waals surface area (Å²) in [6, 6.07) is 15.2. The Morgan fingerprint density at radius 2 is 1.81 bits per heavy atom. The molecule has 1 amide bonds. The lowest BCUT2D eigenvalue weighted by molar-refractivity contribution is 0.0693. The van der Waals surface area contributed by atoms with Gasteiger partial charge in [-0.2, -0.15) is 0 Å². The first-order valence-electron chi connectivity index (χ1n) is 7.66. The monoisotopic (exact) mass is 369 g/mol. The van der Waals surface area contributed by atoms with Crippen LogP contribution in [0, 0.1) is 0 Å². The van der Waals surface area contributed by atoms with E-state index in [1.54, 1.807) is 17.8 Å². The lowest BCUT2D eigenvalue weighted by Crippen LogP contribution is -2.13. The second-order valence-electron chi connectivity index (χ2n) is 5.35. The summed E-state index contributed by atoms with van der Waals surface area (Å²) in [5, 5.41) is 21.3. The number of carboxylic acids is 1. The maximum absolute atomic E-state index is 12.5. The molecular weight excluding hydrogens is 354 g/mol. The van der Waals surface area contributed by atoms with Gasteiger partial charge in [-0.1, -0.05) is 18.2 Å². The molecule has 3 aromatic rings. The third-order valence-electron chi connectivity index (χ3n) is 3.59. The van der Waals surface area contributed by atoms with Gasteiger partial charge in [-0.15, -0.1) is 11.8 Å². The van der Waals surface area contributed by atoms with E-state index in [2.05, 4.69) is 5.32 Å². The van der Waals surface area contributed by atoms with Crippen LogP contribution in [-0.4, -0.2) is 22.1 Å². The van der Waals surface area contributed by atoms with Crippen molar-refractivity contribution in [2.75, 3.05) is 5.32 Å². The molecule has 0 atom stereocenters. The van der Waals surface area contributed by atoms with Crippen LogP contribution in [0.5, 0.6) is 5.75 Å². The molecule has 0 fully saturated rings. The molecule has 0 aliphatic heterocycles. The third kappa shape index (κ3) is 4.07. The van der Waals surface area contributed by atoms with Crippen LogP contribution in [0.4, 0.5) is 5.69 Å². The molecule has 0 aliphatic rings. The van der Waals surface area contributed by atoms with Gasteiger partial charge in [-0.25, -0.2) is 4.79 Å². The molecule has 7 heteroatoms. The molecule has 6 nitrogen and oxygen atoms in total. The summed E-state index contributed by atoms with van der Waals surface area (Å²) in [7, 11) is 0. The normalized spacial score (nSPS) is 10.5. The van der Waals surface area contributed by atoms with Crippen LogP contribution in [0.1, 0.15) is 26.5 Å². The SMILES string of the molecule is O=C(O)c1ccc(NC(=O)c2ccoc2CSc2ccccc2)cc1O. The molecule has 0 radical (unpaired) electrons. The van der Waals surface area contributed by atoms with Crippen molar-refractivity contribution in [2.24, 2.45) is 0 Å². The number of hydrogen-bond acceptors (Lipinski definition) is 5. The number of aromatic hydroxyl groups is 1. The Morgan fingerprint density at radius 3 is 2.50 bits per heavy atom. The van der Waals surface area contributed by atoms with Crippen molar-refractivity contribution < 1.29 is 24.2 Å². The van der Waals surface area contributed by atoms with Gasteiger partial charge in [0.2, 0.25) is 0 Å². The van der Waals surface area contributed by atoms with E-state index in [0.717, 1.165) is 4.90 Å². The maximum atomic E-state index is 12.5. The van der Waals surface area contributed by atoms with Gasteiger partial charge in [-0.3, -0.25) is 4.79 Å². The number of thioether (sulfide) groups is 1. The quantitative estimate of drug-likeness (QED) is 0.562. The van der Waals surface area contributed by atoms with Crippen LogP contribution >= 0.6 is 11.8 Å². The molecule has 132 valence electrons. The van der Waals surface area contributed by atoms with E-state index in [0.29, 0.717) is 22.8 Å². The second kappa shape index (κ2) is 7.79. The summed E-state index contributed by atoms with van der Waals surface area (Å²) >= 11 is 1.54. The molecule has 1 heterocycles. The summed E-state index contributed by atoms with van der Waals surface area (Å²) in [4.78, 5) is 24.4. The Labute approximate surface area is 153 Å². The predicted molar refractivity (Wildman–Crippen MR) is 97.7 cm³/mol. The maximum Gasteiger partial charge on any atom is 0.339 e. The van der Waals surface area contributed by atoms with Crippen LogP contribution in [0.3, 0.4) is 0 Å². The van der Waals surface area contributed by atoms with Gasteiger partial charge in [-0.05, 0) is 30.3 Å². The first-order chi connectivity index (χ1) is 12.5. The Morgan fingerprint density at radius 1 is 1.04 bits per heavy atom. The summed E-state index contributed by atoms with van der Waals surface area (Å²) in [6.07, 6.45) is 1.45. The lowest BCUT2D eigenvalue weighted by Gasteiger charge is -2.07. The second-order valence-corrected chi connectivity index (χ2v) is 6.40. The molecule has 1 aromatic heterocycles. The first kappa shape index (κ1) is 17.6. The van der Waals surface area contributed by atoms with Gasteiger partial charge in [0.15, 0.2) is 0 Å². The molecule has 0 spiro atoms. The minimum Gasteiger partial charge on any atom is -0.507 e. The molecular formula is C19H15NO5S. The molecule has 0 saturated heterocycles. The number of furan rings is 1. The fourth-order valence-corrected chi connectivity index (χ4v) is 3.18. The number of phenols is 1. The highest BCUT2D eigenvalue weighted by molar-refractivity contribution is 7.98. The first-order valence-corrected chi connectivity index (χ1v) is 8.65. The number of carboxylic acid groups (broad SMARTS) is 1. The zero-order chi connectivity index (χ0) is 18.5. The summed E-state index contributed by atoms with van der Waals surface area (Å²) in [5.74, 6) is -1.03. The third-order valence-corrected chi connectivity index (χ3v) is 4.60. The number of carbonyl (C=O) groups excluding carboxylic acids is 1. The Bertz CT molecular complexity index is 936. The van der Waals surface area contributed by atoms with Crippen LogP contribution < -0.4 is 5.32 Å². The van der Waals surface area contributed by atoms with Crippen molar-refractivity contribution >= 4 is 29.3 Å².